The number of rotatable bonds is 6. The van der Waals surface area contributed by atoms with Crippen molar-refractivity contribution in [1.82, 2.24) is 0 Å². The molecular formula is C20H34O5Si. The van der Waals surface area contributed by atoms with Gasteiger partial charge in [-0.3, -0.25) is 0 Å². The molecule has 5 nitrogen and oxygen atoms in total. The molecule has 1 heterocycles. The molecule has 5 atom stereocenters. The van der Waals surface area contributed by atoms with Crippen molar-refractivity contribution >= 4 is 8.32 Å². The Bertz CT molecular complexity index is 557. The molecule has 2 rings (SSSR count). The highest BCUT2D eigenvalue weighted by atomic mass is 28.4. The Labute approximate surface area is 158 Å². The van der Waals surface area contributed by atoms with Crippen LogP contribution in [-0.2, 0) is 20.5 Å². The number of hydrogen-bond acceptors (Lipinski definition) is 5. The van der Waals surface area contributed by atoms with Gasteiger partial charge >= 0.3 is 0 Å². The molecule has 0 amide bonds. The number of aliphatic hydroxyl groups excluding tert-OH is 2. The van der Waals surface area contributed by atoms with E-state index in [1.165, 1.54) is 0 Å². The first-order valence-corrected chi connectivity index (χ1v) is 12.3. The van der Waals surface area contributed by atoms with Crippen molar-refractivity contribution in [3.63, 3.8) is 0 Å². The predicted molar refractivity (Wildman–Crippen MR) is 104 cm³/mol. The highest BCUT2D eigenvalue weighted by molar-refractivity contribution is 6.74. The molecule has 1 aromatic carbocycles. The Morgan fingerprint density at radius 3 is 2.31 bits per heavy atom. The van der Waals surface area contributed by atoms with E-state index in [9.17, 15) is 10.2 Å². The van der Waals surface area contributed by atoms with Crippen LogP contribution < -0.4 is 0 Å². The summed E-state index contributed by atoms with van der Waals surface area (Å²) in [7, 11) is -2.09. The molecular weight excluding hydrogens is 348 g/mol. The molecule has 1 aliphatic heterocycles. The molecule has 0 bridgehead atoms. The fourth-order valence-electron chi connectivity index (χ4n) is 2.84. The van der Waals surface area contributed by atoms with E-state index < -0.39 is 32.9 Å². The molecule has 0 aromatic heterocycles. The van der Waals surface area contributed by atoms with Gasteiger partial charge in [0.05, 0.1) is 19.3 Å². The summed E-state index contributed by atoms with van der Waals surface area (Å²) in [5, 5.41) is 20.4. The SMILES string of the molecule is CC1[C@H](OCc2ccccc2)OC(CO)[C@H](O)[C@@H]1O[Si](C)(C)C(C)(C)C. The highest BCUT2D eigenvalue weighted by Gasteiger charge is 2.48. The Balaban J connectivity index is 2.13. The summed E-state index contributed by atoms with van der Waals surface area (Å²) in [6, 6.07) is 9.89. The van der Waals surface area contributed by atoms with E-state index in [2.05, 4.69) is 33.9 Å². The molecule has 0 spiro atoms. The van der Waals surface area contributed by atoms with Crippen LogP contribution in [0.4, 0.5) is 0 Å². The van der Waals surface area contributed by atoms with Gasteiger partial charge in [0.15, 0.2) is 14.6 Å². The average Bonchev–Trinajstić information content (AvgIpc) is 2.58. The summed E-state index contributed by atoms with van der Waals surface area (Å²) in [5.74, 6) is -0.148. The molecule has 1 saturated heterocycles. The first kappa shape index (κ1) is 21.5. The molecule has 148 valence electrons. The van der Waals surface area contributed by atoms with Crippen LogP contribution in [0.2, 0.25) is 18.1 Å². The fraction of sp³-hybridized carbons (Fsp3) is 0.700. The van der Waals surface area contributed by atoms with Crippen LogP contribution in [0.15, 0.2) is 30.3 Å². The van der Waals surface area contributed by atoms with E-state index in [-0.39, 0.29) is 17.6 Å². The van der Waals surface area contributed by atoms with E-state index >= 15 is 0 Å². The first-order valence-electron chi connectivity index (χ1n) is 9.34. The Kier molecular flexibility index (Phi) is 7.04. The zero-order chi connectivity index (χ0) is 19.5. The smallest absolute Gasteiger partial charge is 0.192 e. The summed E-state index contributed by atoms with van der Waals surface area (Å²) in [6.45, 7) is 13.0. The van der Waals surface area contributed by atoms with Gasteiger partial charge < -0.3 is 24.1 Å². The van der Waals surface area contributed by atoms with Gasteiger partial charge in [-0.2, -0.15) is 0 Å². The third-order valence-corrected chi connectivity index (χ3v) is 10.1. The second kappa shape index (κ2) is 8.50. The summed E-state index contributed by atoms with van der Waals surface area (Å²) in [5.41, 5.74) is 1.05. The van der Waals surface area contributed by atoms with Crippen molar-refractivity contribution in [1.29, 1.82) is 0 Å². The second-order valence-electron chi connectivity index (χ2n) is 8.71. The molecule has 2 N–H and O–H groups in total. The van der Waals surface area contributed by atoms with Crippen LogP contribution in [0.25, 0.3) is 0 Å². The van der Waals surface area contributed by atoms with Crippen molar-refractivity contribution in [2.24, 2.45) is 5.92 Å². The van der Waals surface area contributed by atoms with E-state index in [1.807, 2.05) is 37.3 Å². The molecule has 1 aliphatic rings. The number of ether oxygens (including phenoxy) is 2. The van der Waals surface area contributed by atoms with Gasteiger partial charge in [-0.05, 0) is 23.7 Å². The maximum Gasteiger partial charge on any atom is 0.192 e. The molecule has 2 unspecified atom stereocenters. The largest absolute Gasteiger partial charge is 0.411 e. The van der Waals surface area contributed by atoms with Crippen molar-refractivity contribution in [3.05, 3.63) is 35.9 Å². The predicted octanol–water partition coefficient (Wildman–Crippen LogP) is 3.31. The Hall–Kier alpha value is -0.763. The van der Waals surface area contributed by atoms with Gasteiger partial charge in [-0.15, -0.1) is 0 Å². The molecule has 0 aliphatic carbocycles. The van der Waals surface area contributed by atoms with E-state index in [0.29, 0.717) is 6.61 Å². The molecule has 26 heavy (non-hydrogen) atoms. The Morgan fingerprint density at radius 2 is 1.77 bits per heavy atom. The van der Waals surface area contributed by atoms with Gasteiger partial charge in [0, 0.05) is 5.92 Å². The van der Waals surface area contributed by atoms with Gasteiger partial charge in [0.25, 0.3) is 0 Å². The highest BCUT2D eigenvalue weighted by Crippen LogP contribution is 2.40. The van der Waals surface area contributed by atoms with E-state index in [4.69, 9.17) is 13.9 Å². The van der Waals surface area contributed by atoms with E-state index in [0.717, 1.165) is 5.56 Å². The summed E-state index contributed by atoms with van der Waals surface area (Å²) >= 11 is 0. The number of hydrogen-bond donors (Lipinski definition) is 2. The third kappa shape index (κ3) is 4.94. The van der Waals surface area contributed by atoms with Crippen molar-refractivity contribution in [2.45, 2.75) is 77.0 Å². The molecule has 1 aromatic rings. The monoisotopic (exact) mass is 382 g/mol. The van der Waals surface area contributed by atoms with Gasteiger partial charge in [-0.1, -0.05) is 58.0 Å². The normalized spacial score (nSPS) is 30.4. The molecule has 1 fully saturated rings. The summed E-state index contributed by atoms with van der Waals surface area (Å²) in [4.78, 5) is 0. The zero-order valence-electron chi connectivity index (χ0n) is 16.8. The average molecular weight is 383 g/mol. The van der Waals surface area contributed by atoms with Crippen LogP contribution in [0, 0.1) is 5.92 Å². The lowest BCUT2D eigenvalue weighted by molar-refractivity contribution is -0.283. The minimum atomic E-state index is -2.09. The van der Waals surface area contributed by atoms with Crippen molar-refractivity contribution in [3.8, 4) is 0 Å². The third-order valence-electron chi connectivity index (χ3n) is 5.65. The first-order chi connectivity index (χ1) is 12.1. The second-order valence-corrected chi connectivity index (χ2v) is 13.5. The van der Waals surface area contributed by atoms with Crippen LogP contribution in [0.1, 0.15) is 33.3 Å². The van der Waals surface area contributed by atoms with Crippen molar-refractivity contribution < 1.29 is 24.1 Å². The lowest BCUT2D eigenvalue weighted by atomic mass is 9.92. The van der Waals surface area contributed by atoms with Crippen LogP contribution >= 0.6 is 0 Å². The van der Waals surface area contributed by atoms with E-state index in [1.54, 1.807) is 0 Å². The lowest BCUT2D eigenvalue weighted by Gasteiger charge is -2.48. The fourth-order valence-corrected chi connectivity index (χ4v) is 4.23. The van der Waals surface area contributed by atoms with Crippen molar-refractivity contribution in [2.75, 3.05) is 6.61 Å². The maximum absolute atomic E-state index is 10.7. The summed E-state index contributed by atoms with van der Waals surface area (Å²) < 4.78 is 18.3. The van der Waals surface area contributed by atoms with Gasteiger partial charge in [-0.25, -0.2) is 0 Å². The lowest BCUT2D eigenvalue weighted by Crippen LogP contribution is -2.60. The van der Waals surface area contributed by atoms with Gasteiger partial charge in [0.2, 0.25) is 0 Å². The van der Waals surface area contributed by atoms with Crippen LogP contribution in [0.5, 0.6) is 0 Å². The van der Waals surface area contributed by atoms with Crippen LogP contribution in [0.3, 0.4) is 0 Å². The minimum Gasteiger partial charge on any atom is -0.411 e. The zero-order valence-corrected chi connectivity index (χ0v) is 17.8. The number of benzene rings is 1. The molecule has 6 heteroatoms. The molecule has 0 saturated carbocycles. The molecule has 0 radical (unpaired) electrons. The van der Waals surface area contributed by atoms with Gasteiger partial charge in [0.1, 0.15) is 12.2 Å². The quantitative estimate of drug-likeness (QED) is 0.739. The minimum absolute atomic E-state index is 0.0276. The number of aliphatic hydroxyl groups is 2. The summed E-state index contributed by atoms with van der Waals surface area (Å²) in [6.07, 6.45) is -2.55. The Morgan fingerprint density at radius 1 is 1.15 bits per heavy atom. The topological polar surface area (TPSA) is 68.2 Å². The maximum atomic E-state index is 10.7. The standard InChI is InChI=1S/C20H34O5Si/c1-14-18(25-26(5,6)20(2,3)4)17(22)16(12-21)24-19(14)23-13-15-10-8-7-9-11-15/h7-11,14,16-19,21-22H,12-13H2,1-6H3/t14?,16?,17-,18+,19+/m0/s1. The van der Waals surface area contributed by atoms with Crippen LogP contribution in [-0.4, -0.2) is 49.7 Å².